The summed E-state index contributed by atoms with van der Waals surface area (Å²) in [5, 5.41) is 6.38. The number of amides is 1. The lowest BCUT2D eigenvalue weighted by Gasteiger charge is -2.31. The predicted molar refractivity (Wildman–Crippen MR) is 84.9 cm³/mol. The van der Waals surface area contributed by atoms with Crippen molar-refractivity contribution < 1.29 is 4.79 Å². The number of hydrogen-bond donors (Lipinski definition) is 2. The lowest BCUT2D eigenvalue weighted by atomic mass is 9.75. The first kappa shape index (κ1) is 16.7. The van der Waals surface area contributed by atoms with E-state index in [0.29, 0.717) is 6.54 Å². The Kier molecular flexibility index (Phi) is 7.31. The largest absolute Gasteiger partial charge is 0.354 e. The van der Waals surface area contributed by atoms with Gasteiger partial charge in [-0.05, 0) is 31.4 Å². The van der Waals surface area contributed by atoms with Gasteiger partial charge in [0.1, 0.15) is 0 Å². The molecule has 0 unspecified atom stereocenters. The Morgan fingerprint density at radius 1 is 1.00 bits per heavy atom. The third-order valence-corrected chi connectivity index (χ3v) is 3.98. The number of carbonyl (C=O) groups is 1. The molecule has 0 aliphatic heterocycles. The van der Waals surface area contributed by atoms with Crippen molar-refractivity contribution in [1.29, 1.82) is 0 Å². The molecule has 0 fully saturated rings. The molecule has 3 heteroatoms. The van der Waals surface area contributed by atoms with Crippen molar-refractivity contribution in [3.05, 3.63) is 35.9 Å². The van der Waals surface area contributed by atoms with E-state index in [9.17, 15) is 4.79 Å². The predicted octanol–water partition coefficient (Wildman–Crippen LogP) is 2.86. The third kappa shape index (κ3) is 4.07. The second kappa shape index (κ2) is 8.75. The Bertz CT molecular complexity index is 385. The highest BCUT2D eigenvalue weighted by Gasteiger charge is 2.36. The molecule has 0 radical (unpaired) electrons. The van der Waals surface area contributed by atoms with Gasteiger partial charge in [-0.1, -0.05) is 51.1 Å². The van der Waals surface area contributed by atoms with Crippen molar-refractivity contribution in [1.82, 2.24) is 10.6 Å². The molecular formula is C17H28N2O. The van der Waals surface area contributed by atoms with Gasteiger partial charge in [0, 0.05) is 13.1 Å². The average molecular weight is 276 g/mol. The van der Waals surface area contributed by atoms with E-state index in [1.54, 1.807) is 0 Å². The second-order valence-corrected chi connectivity index (χ2v) is 5.16. The number of rotatable bonds is 9. The monoisotopic (exact) mass is 276 g/mol. The summed E-state index contributed by atoms with van der Waals surface area (Å²) in [7, 11) is 0. The first-order valence-electron chi connectivity index (χ1n) is 7.75. The van der Waals surface area contributed by atoms with E-state index < -0.39 is 5.41 Å². The molecule has 0 aromatic heterocycles. The molecule has 1 aromatic carbocycles. The lowest BCUT2D eigenvalue weighted by molar-refractivity contribution is -0.127. The van der Waals surface area contributed by atoms with E-state index in [-0.39, 0.29) is 5.91 Å². The Labute approximate surface area is 123 Å². The van der Waals surface area contributed by atoms with Gasteiger partial charge in [0.2, 0.25) is 5.91 Å². The molecule has 1 rings (SSSR count). The summed E-state index contributed by atoms with van der Waals surface area (Å²) in [6.45, 7) is 8.84. The summed E-state index contributed by atoms with van der Waals surface area (Å²) < 4.78 is 0. The van der Waals surface area contributed by atoms with Crippen LogP contribution in [0.5, 0.6) is 0 Å². The van der Waals surface area contributed by atoms with Crippen molar-refractivity contribution in [3.63, 3.8) is 0 Å². The number of nitrogens with one attached hydrogen (secondary N) is 2. The molecule has 0 aliphatic carbocycles. The fourth-order valence-electron chi connectivity index (χ4n) is 2.60. The topological polar surface area (TPSA) is 41.1 Å². The molecule has 3 nitrogen and oxygen atoms in total. The van der Waals surface area contributed by atoms with Gasteiger partial charge in [0.05, 0.1) is 5.41 Å². The minimum absolute atomic E-state index is 0.145. The summed E-state index contributed by atoms with van der Waals surface area (Å²) in [5.41, 5.74) is 0.718. The maximum atomic E-state index is 12.6. The molecule has 2 N–H and O–H groups in total. The zero-order chi connectivity index (χ0) is 14.8. The number of benzene rings is 1. The van der Waals surface area contributed by atoms with Crippen molar-refractivity contribution in [2.45, 2.75) is 45.4 Å². The maximum Gasteiger partial charge on any atom is 0.230 e. The highest BCUT2D eigenvalue weighted by Crippen LogP contribution is 2.31. The number of carbonyl (C=O) groups excluding carboxylic acids is 1. The van der Waals surface area contributed by atoms with Gasteiger partial charge in [0.25, 0.3) is 0 Å². The standard InChI is InChI=1S/C17H28N2O/c1-4-12-18-13-14-19-16(20)17(5-2,6-3)15-10-8-7-9-11-15/h7-11,18H,4-6,12-14H2,1-3H3,(H,19,20). The minimum Gasteiger partial charge on any atom is -0.354 e. The average Bonchev–Trinajstić information content (AvgIpc) is 2.50. The van der Waals surface area contributed by atoms with E-state index in [2.05, 4.69) is 43.5 Å². The van der Waals surface area contributed by atoms with Crippen LogP contribution in [0.1, 0.15) is 45.6 Å². The molecule has 0 spiro atoms. The van der Waals surface area contributed by atoms with Crippen molar-refractivity contribution in [2.24, 2.45) is 0 Å². The van der Waals surface area contributed by atoms with Gasteiger partial charge in [-0.3, -0.25) is 4.79 Å². The summed E-state index contributed by atoms with van der Waals surface area (Å²) >= 11 is 0. The van der Waals surface area contributed by atoms with Gasteiger partial charge >= 0.3 is 0 Å². The molecule has 0 atom stereocenters. The highest BCUT2D eigenvalue weighted by atomic mass is 16.2. The summed E-state index contributed by atoms with van der Waals surface area (Å²) in [6, 6.07) is 10.1. The van der Waals surface area contributed by atoms with Crippen LogP contribution in [-0.2, 0) is 10.2 Å². The second-order valence-electron chi connectivity index (χ2n) is 5.16. The molecule has 0 bridgehead atoms. The van der Waals surface area contributed by atoms with Crippen LogP contribution in [0.2, 0.25) is 0 Å². The zero-order valence-electron chi connectivity index (χ0n) is 13.0. The Balaban J connectivity index is 2.68. The van der Waals surface area contributed by atoms with E-state index in [4.69, 9.17) is 0 Å². The van der Waals surface area contributed by atoms with Crippen LogP contribution in [-0.4, -0.2) is 25.5 Å². The molecule has 0 saturated carbocycles. The molecule has 112 valence electrons. The van der Waals surface area contributed by atoms with Gasteiger partial charge in [-0.15, -0.1) is 0 Å². The first-order chi connectivity index (χ1) is 9.71. The normalized spacial score (nSPS) is 11.3. The van der Waals surface area contributed by atoms with E-state index >= 15 is 0 Å². The maximum absolute atomic E-state index is 12.6. The van der Waals surface area contributed by atoms with Gasteiger partial charge in [0.15, 0.2) is 0 Å². The SMILES string of the molecule is CCCNCCNC(=O)C(CC)(CC)c1ccccc1. The fraction of sp³-hybridized carbons (Fsp3) is 0.588. The van der Waals surface area contributed by atoms with Crippen molar-refractivity contribution in [3.8, 4) is 0 Å². The smallest absolute Gasteiger partial charge is 0.230 e. The van der Waals surface area contributed by atoms with Crippen LogP contribution in [0, 0.1) is 0 Å². The molecule has 1 amide bonds. The van der Waals surface area contributed by atoms with Crippen LogP contribution < -0.4 is 10.6 Å². The highest BCUT2D eigenvalue weighted by molar-refractivity contribution is 5.88. The van der Waals surface area contributed by atoms with Gasteiger partial charge in [-0.25, -0.2) is 0 Å². The molecule has 0 aliphatic rings. The molecular weight excluding hydrogens is 248 g/mol. The quantitative estimate of drug-likeness (QED) is 0.681. The van der Waals surface area contributed by atoms with Gasteiger partial charge < -0.3 is 10.6 Å². The van der Waals surface area contributed by atoms with Crippen LogP contribution >= 0.6 is 0 Å². The Morgan fingerprint density at radius 2 is 1.65 bits per heavy atom. The van der Waals surface area contributed by atoms with Crippen LogP contribution in [0.25, 0.3) is 0 Å². The molecule has 0 heterocycles. The summed E-state index contributed by atoms with van der Waals surface area (Å²) in [4.78, 5) is 12.6. The first-order valence-corrected chi connectivity index (χ1v) is 7.75. The Hall–Kier alpha value is -1.35. The van der Waals surface area contributed by atoms with Crippen LogP contribution in [0.4, 0.5) is 0 Å². The van der Waals surface area contributed by atoms with E-state index in [1.165, 1.54) is 0 Å². The zero-order valence-corrected chi connectivity index (χ0v) is 13.0. The van der Waals surface area contributed by atoms with Crippen molar-refractivity contribution >= 4 is 5.91 Å². The molecule has 1 aromatic rings. The molecule has 0 saturated heterocycles. The summed E-state index contributed by atoms with van der Waals surface area (Å²) in [5.74, 6) is 0.145. The van der Waals surface area contributed by atoms with E-state index in [0.717, 1.165) is 37.9 Å². The number of hydrogen-bond acceptors (Lipinski definition) is 2. The van der Waals surface area contributed by atoms with Crippen molar-refractivity contribution in [2.75, 3.05) is 19.6 Å². The summed E-state index contributed by atoms with van der Waals surface area (Å²) in [6.07, 6.45) is 2.76. The van der Waals surface area contributed by atoms with Crippen LogP contribution in [0.3, 0.4) is 0 Å². The third-order valence-electron chi connectivity index (χ3n) is 3.98. The lowest BCUT2D eigenvalue weighted by Crippen LogP contribution is -2.45. The van der Waals surface area contributed by atoms with E-state index in [1.807, 2.05) is 18.2 Å². The Morgan fingerprint density at radius 3 is 2.20 bits per heavy atom. The van der Waals surface area contributed by atoms with Crippen LogP contribution in [0.15, 0.2) is 30.3 Å². The van der Waals surface area contributed by atoms with Gasteiger partial charge in [-0.2, -0.15) is 0 Å². The fourth-order valence-corrected chi connectivity index (χ4v) is 2.60. The molecule has 20 heavy (non-hydrogen) atoms. The minimum atomic E-state index is -0.397.